The van der Waals surface area contributed by atoms with E-state index in [1.165, 1.54) is 12.0 Å². The van der Waals surface area contributed by atoms with E-state index in [-0.39, 0.29) is 24.9 Å². The third-order valence-corrected chi connectivity index (χ3v) is 7.64. The molecule has 0 radical (unpaired) electrons. The lowest BCUT2D eigenvalue weighted by Crippen LogP contribution is -2.53. The molecule has 0 spiro atoms. The van der Waals surface area contributed by atoms with E-state index < -0.39 is 29.6 Å². The van der Waals surface area contributed by atoms with Gasteiger partial charge in [-0.05, 0) is 35.6 Å². The van der Waals surface area contributed by atoms with E-state index in [1.807, 2.05) is 69.3 Å². The van der Waals surface area contributed by atoms with Crippen LogP contribution in [0.2, 0.25) is 0 Å². The van der Waals surface area contributed by atoms with Crippen molar-refractivity contribution in [3.05, 3.63) is 79.2 Å². The van der Waals surface area contributed by atoms with Crippen LogP contribution in [0.3, 0.4) is 0 Å². The van der Waals surface area contributed by atoms with E-state index >= 15 is 0 Å². The molecule has 2 aromatic heterocycles. The smallest absolute Gasteiger partial charge is 0.328 e. The van der Waals surface area contributed by atoms with Gasteiger partial charge in [0, 0.05) is 18.4 Å². The summed E-state index contributed by atoms with van der Waals surface area (Å²) in [5.74, 6) is -0.111. The molecule has 0 saturated carbocycles. The second-order valence-electron chi connectivity index (χ2n) is 12.0. The van der Waals surface area contributed by atoms with Crippen molar-refractivity contribution in [3.8, 4) is 17.1 Å². The quantitative estimate of drug-likeness (QED) is 0.172. The second kappa shape index (κ2) is 13.3. The summed E-state index contributed by atoms with van der Waals surface area (Å²) >= 11 is 0. The van der Waals surface area contributed by atoms with E-state index in [1.54, 1.807) is 12.2 Å². The predicted molar refractivity (Wildman–Crippen MR) is 171 cm³/mol. The number of likely N-dealkylation sites (tertiary alicyclic amines) is 1. The first-order valence-electron chi connectivity index (χ1n) is 14.9. The lowest BCUT2D eigenvalue weighted by atomic mass is 9.85. The Hall–Kier alpha value is -5.06. The topological polar surface area (TPSA) is 133 Å². The van der Waals surface area contributed by atoms with Crippen molar-refractivity contribution in [1.29, 1.82) is 0 Å². The molecule has 0 bridgehead atoms. The molecule has 1 unspecified atom stereocenters. The first-order chi connectivity index (χ1) is 21.6. The van der Waals surface area contributed by atoms with E-state index in [2.05, 4.69) is 28.7 Å². The number of carbonyl (C=O) groups is 2. The summed E-state index contributed by atoms with van der Waals surface area (Å²) in [6, 6.07) is 13.8. The van der Waals surface area contributed by atoms with Gasteiger partial charge in [-0.1, -0.05) is 74.9 Å². The maximum atomic E-state index is 14.2. The second-order valence-corrected chi connectivity index (χ2v) is 12.0. The fraction of sp³-hybridized carbons (Fsp3) is 0.353. The summed E-state index contributed by atoms with van der Waals surface area (Å²) in [6.45, 7) is 13.5. The molecule has 4 aromatic rings. The third-order valence-electron chi connectivity index (χ3n) is 7.64. The Balaban J connectivity index is 1.45. The maximum absolute atomic E-state index is 14.2. The molecule has 234 valence electrons. The number of hydrogen-bond donors (Lipinski definition) is 1. The molecular weight excluding hydrogens is 572 g/mol. The Morgan fingerprint density at radius 3 is 2.56 bits per heavy atom. The minimum Gasteiger partial charge on any atom is -0.471 e. The van der Waals surface area contributed by atoms with Gasteiger partial charge in [-0.25, -0.2) is 14.8 Å². The van der Waals surface area contributed by atoms with Crippen LogP contribution in [-0.4, -0.2) is 68.8 Å². The van der Waals surface area contributed by atoms with E-state index in [0.717, 1.165) is 11.1 Å². The van der Waals surface area contributed by atoms with E-state index in [4.69, 9.17) is 23.9 Å². The van der Waals surface area contributed by atoms with E-state index in [0.29, 0.717) is 41.3 Å². The first-order valence-corrected chi connectivity index (χ1v) is 14.9. The Kier molecular flexibility index (Phi) is 9.26. The van der Waals surface area contributed by atoms with Crippen LogP contribution in [0.1, 0.15) is 45.1 Å². The normalized spacial score (nSPS) is 17.1. The Morgan fingerprint density at radius 1 is 1.11 bits per heavy atom. The Morgan fingerprint density at radius 2 is 1.87 bits per heavy atom. The van der Waals surface area contributed by atoms with Gasteiger partial charge in [0.25, 0.3) is 0 Å². The number of nitrogens with one attached hydrogen (secondary N) is 1. The largest absolute Gasteiger partial charge is 0.471 e. The average molecular weight is 611 g/mol. The fourth-order valence-corrected chi connectivity index (χ4v) is 5.29. The van der Waals surface area contributed by atoms with Crippen molar-refractivity contribution in [3.63, 3.8) is 0 Å². The van der Waals surface area contributed by atoms with Crippen LogP contribution in [0.4, 0.5) is 6.01 Å². The van der Waals surface area contributed by atoms with Crippen molar-refractivity contribution < 1.29 is 23.5 Å². The van der Waals surface area contributed by atoms with Crippen molar-refractivity contribution in [1.82, 2.24) is 25.1 Å². The summed E-state index contributed by atoms with van der Waals surface area (Å²) in [7, 11) is 1.31. The number of amides is 1. The van der Waals surface area contributed by atoms with Gasteiger partial charge < -0.3 is 24.1 Å². The average Bonchev–Trinajstić information content (AvgIpc) is 3.68. The highest BCUT2D eigenvalue weighted by Crippen LogP contribution is 2.34. The minimum absolute atomic E-state index is 0.127. The number of ether oxygens (including phenoxy) is 2. The molecule has 3 heterocycles. The summed E-state index contributed by atoms with van der Waals surface area (Å²) in [5.41, 5.74) is 3.07. The Bertz CT molecular complexity index is 1710. The molecule has 1 aliphatic heterocycles. The number of aromatic nitrogens is 4. The molecule has 11 heteroatoms. The number of methoxy groups -OCH3 is 1. The van der Waals surface area contributed by atoms with Crippen molar-refractivity contribution in [2.45, 2.75) is 58.2 Å². The maximum Gasteiger partial charge on any atom is 0.328 e. The molecular formula is C34H38N6O5. The van der Waals surface area contributed by atoms with Crippen LogP contribution in [-0.2, 0) is 20.7 Å². The number of nitrogens with zero attached hydrogens (tertiary/aromatic N) is 5. The molecule has 2 aromatic carbocycles. The number of hydrogen-bond acceptors (Lipinski definition) is 10. The summed E-state index contributed by atoms with van der Waals surface area (Å²) in [5, 5.41) is 11.3. The van der Waals surface area contributed by atoms with Gasteiger partial charge in [-0.3, -0.25) is 4.79 Å². The molecule has 3 atom stereocenters. The number of aryl methyl sites for hydroxylation is 1. The lowest BCUT2D eigenvalue weighted by molar-refractivity contribution is -0.151. The summed E-state index contributed by atoms with van der Waals surface area (Å²) < 4.78 is 17.4. The molecule has 1 amide bonds. The minimum atomic E-state index is -0.869. The highest BCUT2D eigenvalue weighted by Gasteiger charge is 2.46. The lowest BCUT2D eigenvalue weighted by Gasteiger charge is -2.34. The van der Waals surface area contributed by atoms with Crippen LogP contribution in [0.5, 0.6) is 5.88 Å². The molecule has 1 fully saturated rings. The van der Waals surface area contributed by atoms with Gasteiger partial charge in [-0.15, -0.1) is 11.7 Å². The zero-order chi connectivity index (χ0) is 32.1. The van der Waals surface area contributed by atoms with Gasteiger partial charge in [0.05, 0.1) is 24.7 Å². The van der Waals surface area contributed by atoms with Crippen LogP contribution >= 0.6 is 0 Å². The number of carbonyl (C=O) groups excluding carboxylic acids is 2. The zero-order valence-electron chi connectivity index (χ0n) is 26.0. The summed E-state index contributed by atoms with van der Waals surface area (Å²) in [4.78, 5) is 38.4. The van der Waals surface area contributed by atoms with Gasteiger partial charge in [-0.2, -0.15) is 0 Å². The van der Waals surface area contributed by atoms with E-state index in [9.17, 15) is 9.59 Å². The van der Waals surface area contributed by atoms with Crippen molar-refractivity contribution in [2.75, 3.05) is 19.0 Å². The highest BCUT2D eigenvalue weighted by atomic mass is 16.5. The third kappa shape index (κ3) is 7.03. The summed E-state index contributed by atoms with van der Waals surface area (Å²) in [6.07, 6.45) is 4.40. The fourth-order valence-electron chi connectivity index (χ4n) is 5.29. The molecule has 1 N–H and O–H groups in total. The van der Waals surface area contributed by atoms with Crippen LogP contribution in [0.25, 0.3) is 28.4 Å². The number of rotatable bonds is 11. The molecule has 11 nitrogen and oxygen atoms in total. The van der Waals surface area contributed by atoms with Crippen molar-refractivity contribution >= 4 is 35.0 Å². The monoisotopic (exact) mass is 610 g/mol. The standard InChI is InChI=1S/C34H38N6O5/c1-7-9-17-27-38-39-33(45-27)37-29(34(3,4)5)31(41)40-20-23(19-26(40)32(42)43-6)44-30-28(22-14-12-13-21(8-2)18-22)35-24-15-10-11-16-25(24)36-30/h7-8,10-16,18,23,26,29H,1-2,9,17,19-20H2,3-6H3,(H,37,39)/t23?,26-,29+/m0/s1. The molecule has 5 rings (SSSR count). The molecule has 1 saturated heterocycles. The van der Waals surface area contributed by atoms with Crippen LogP contribution in [0, 0.1) is 5.41 Å². The van der Waals surface area contributed by atoms with Crippen molar-refractivity contribution in [2.24, 2.45) is 5.41 Å². The molecule has 1 aliphatic rings. The van der Waals surface area contributed by atoms with Crippen LogP contribution in [0.15, 0.2) is 72.2 Å². The highest BCUT2D eigenvalue weighted by molar-refractivity contribution is 5.90. The Labute approximate surface area is 262 Å². The van der Waals surface area contributed by atoms with Gasteiger partial charge in [0.15, 0.2) is 0 Å². The zero-order valence-corrected chi connectivity index (χ0v) is 26.0. The predicted octanol–water partition coefficient (Wildman–Crippen LogP) is 5.49. The molecule has 45 heavy (non-hydrogen) atoms. The van der Waals surface area contributed by atoms with Gasteiger partial charge >= 0.3 is 12.0 Å². The SMILES string of the molecule is C=CCCc1nnc(N[C@H](C(=O)N2CC(Oc3nc4ccccc4nc3-c3cccc(C=C)c3)C[C@H]2C(=O)OC)C(C)(C)C)o1. The molecule has 0 aliphatic carbocycles. The number of para-hydroxylation sites is 2. The number of fused-ring (bicyclic) bond motifs is 1. The number of anilines is 1. The van der Waals surface area contributed by atoms with Gasteiger partial charge in [0.2, 0.25) is 17.7 Å². The van der Waals surface area contributed by atoms with Gasteiger partial charge in [0.1, 0.15) is 23.9 Å². The number of allylic oxidation sites excluding steroid dienone is 1. The number of benzene rings is 2. The number of esters is 1. The first kappa shape index (κ1) is 31.4. The van der Waals surface area contributed by atoms with Crippen LogP contribution < -0.4 is 10.1 Å².